The molecule has 1 aliphatic heterocycles. The third kappa shape index (κ3) is 3.70. The first-order valence-corrected chi connectivity index (χ1v) is 8.98. The molecule has 0 aliphatic carbocycles. The summed E-state index contributed by atoms with van der Waals surface area (Å²) in [6.45, 7) is 6.51. The second-order valence-electron chi connectivity index (χ2n) is 6.44. The molecule has 0 spiro atoms. The monoisotopic (exact) mass is 380 g/mol. The van der Waals surface area contributed by atoms with Crippen molar-refractivity contribution in [1.82, 2.24) is 20.1 Å². The molecule has 1 aliphatic rings. The van der Waals surface area contributed by atoms with Gasteiger partial charge in [-0.2, -0.15) is 0 Å². The zero-order valence-corrected chi connectivity index (χ0v) is 15.7. The maximum atomic E-state index is 12.6. The first-order chi connectivity index (χ1) is 13.6. The van der Waals surface area contributed by atoms with Crippen molar-refractivity contribution in [3.05, 3.63) is 47.7 Å². The second-order valence-corrected chi connectivity index (χ2v) is 6.44. The minimum atomic E-state index is -0.382. The van der Waals surface area contributed by atoms with Gasteiger partial charge in [0, 0.05) is 37.1 Å². The van der Waals surface area contributed by atoms with E-state index in [1.807, 2.05) is 19.9 Å². The highest BCUT2D eigenvalue weighted by Gasteiger charge is 2.20. The number of morpholine rings is 1. The summed E-state index contributed by atoms with van der Waals surface area (Å²) in [4.78, 5) is 27.8. The van der Waals surface area contributed by atoms with E-state index in [0.29, 0.717) is 42.0 Å². The van der Waals surface area contributed by atoms with E-state index in [4.69, 9.17) is 9.26 Å². The van der Waals surface area contributed by atoms with Crippen molar-refractivity contribution in [2.75, 3.05) is 36.5 Å². The molecule has 0 atom stereocenters. The zero-order chi connectivity index (χ0) is 19.5. The van der Waals surface area contributed by atoms with Crippen LogP contribution in [0.4, 0.5) is 11.6 Å². The molecule has 4 rings (SSSR count). The number of carbonyl (C=O) groups excluding carboxylic acids is 1. The number of nitrogens with one attached hydrogen (secondary N) is 1. The Morgan fingerprint density at radius 2 is 1.93 bits per heavy atom. The fourth-order valence-corrected chi connectivity index (χ4v) is 2.99. The molecule has 3 aromatic rings. The van der Waals surface area contributed by atoms with Gasteiger partial charge in [0.25, 0.3) is 5.91 Å². The summed E-state index contributed by atoms with van der Waals surface area (Å²) in [5, 5.41) is 6.71. The van der Waals surface area contributed by atoms with Gasteiger partial charge in [0.05, 0.1) is 30.3 Å². The number of aromatic nitrogens is 4. The average Bonchev–Trinajstić information content (AvgIpc) is 3.22. The molecule has 0 aromatic carbocycles. The maximum absolute atomic E-state index is 12.6. The molecule has 1 fully saturated rings. The van der Waals surface area contributed by atoms with Crippen LogP contribution in [0.15, 0.2) is 35.1 Å². The lowest BCUT2D eigenvalue weighted by molar-refractivity contribution is 0.101. The van der Waals surface area contributed by atoms with Crippen molar-refractivity contribution in [3.63, 3.8) is 0 Å². The van der Waals surface area contributed by atoms with E-state index in [0.717, 1.165) is 18.7 Å². The number of rotatable bonds is 4. The lowest BCUT2D eigenvalue weighted by atomic mass is 10.2. The van der Waals surface area contributed by atoms with Crippen LogP contribution in [-0.2, 0) is 4.74 Å². The van der Waals surface area contributed by atoms with Gasteiger partial charge in [0.1, 0.15) is 0 Å². The van der Waals surface area contributed by atoms with E-state index >= 15 is 0 Å². The third-order valence-corrected chi connectivity index (χ3v) is 4.48. The van der Waals surface area contributed by atoms with Crippen LogP contribution in [0.5, 0.6) is 0 Å². The van der Waals surface area contributed by atoms with Gasteiger partial charge >= 0.3 is 0 Å². The summed E-state index contributed by atoms with van der Waals surface area (Å²) in [6, 6.07) is 5.21. The minimum Gasteiger partial charge on any atom is -0.378 e. The largest absolute Gasteiger partial charge is 0.378 e. The Morgan fingerprint density at radius 1 is 1.18 bits per heavy atom. The van der Waals surface area contributed by atoms with Gasteiger partial charge in [-0.3, -0.25) is 9.78 Å². The second kappa shape index (κ2) is 7.73. The number of ether oxygens (including phenoxy) is 1. The van der Waals surface area contributed by atoms with Gasteiger partial charge in [-0.1, -0.05) is 5.16 Å². The van der Waals surface area contributed by atoms with Crippen molar-refractivity contribution in [2.24, 2.45) is 0 Å². The molecular formula is C19H20N6O3. The van der Waals surface area contributed by atoms with Crippen LogP contribution in [0.3, 0.4) is 0 Å². The summed E-state index contributed by atoms with van der Waals surface area (Å²) in [5.41, 5.74) is 2.89. The van der Waals surface area contributed by atoms with Crippen LogP contribution < -0.4 is 10.2 Å². The molecule has 3 aromatic heterocycles. The van der Waals surface area contributed by atoms with E-state index in [9.17, 15) is 4.79 Å². The van der Waals surface area contributed by atoms with Gasteiger partial charge < -0.3 is 19.5 Å². The van der Waals surface area contributed by atoms with Crippen molar-refractivity contribution in [3.8, 4) is 11.3 Å². The molecule has 144 valence electrons. The van der Waals surface area contributed by atoms with E-state index in [2.05, 4.69) is 30.3 Å². The minimum absolute atomic E-state index is 0.176. The Hall–Kier alpha value is -3.33. The number of anilines is 2. The number of hydrogen-bond donors (Lipinski definition) is 1. The van der Waals surface area contributed by atoms with E-state index in [-0.39, 0.29) is 11.6 Å². The molecule has 1 amide bonds. The van der Waals surface area contributed by atoms with Crippen molar-refractivity contribution in [2.45, 2.75) is 13.8 Å². The van der Waals surface area contributed by atoms with Gasteiger partial charge in [0.15, 0.2) is 11.5 Å². The van der Waals surface area contributed by atoms with Gasteiger partial charge in [-0.05, 0) is 26.0 Å². The van der Waals surface area contributed by atoms with Crippen LogP contribution >= 0.6 is 0 Å². The molecule has 0 radical (unpaired) electrons. The summed E-state index contributed by atoms with van der Waals surface area (Å²) < 4.78 is 10.6. The van der Waals surface area contributed by atoms with Crippen LogP contribution in [0.25, 0.3) is 11.3 Å². The Labute approximate surface area is 161 Å². The van der Waals surface area contributed by atoms with Gasteiger partial charge in [-0.15, -0.1) is 0 Å². The topological polar surface area (TPSA) is 106 Å². The Bertz CT molecular complexity index is 959. The fourth-order valence-electron chi connectivity index (χ4n) is 2.99. The standard InChI is InChI=1S/C19H20N6O3/c1-12-17(13(2)22-19(21-12)25-6-8-27-9-7-25)23-18(26)15-10-16(28-24-15)14-4-3-5-20-11-14/h3-5,10-11H,6-9H2,1-2H3,(H,23,26). The molecule has 0 bridgehead atoms. The smallest absolute Gasteiger partial charge is 0.277 e. The predicted molar refractivity (Wildman–Crippen MR) is 102 cm³/mol. The number of nitrogens with zero attached hydrogens (tertiary/aromatic N) is 5. The van der Waals surface area contributed by atoms with Gasteiger partial charge in [-0.25, -0.2) is 9.97 Å². The Kier molecular flexibility index (Phi) is 4.98. The van der Waals surface area contributed by atoms with Crippen LogP contribution in [-0.4, -0.2) is 52.3 Å². The zero-order valence-electron chi connectivity index (χ0n) is 15.7. The first-order valence-electron chi connectivity index (χ1n) is 8.98. The number of amides is 1. The normalized spacial score (nSPS) is 14.1. The summed E-state index contributed by atoms with van der Waals surface area (Å²) in [7, 11) is 0. The van der Waals surface area contributed by atoms with Crippen LogP contribution in [0, 0.1) is 13.8 Å². The Balaban J connectivity index is 1.52. The molecule has 4 heterocycles. The average molecular weight is 380 g/mol. The van der Waals surface area contributed by atoms with E-state index in [1.54, 1.807) is 24.5 Å². The summed E-state index contributed by atoms with van der Waals surface area (Å²) >= 11 is 0. The third-order valence-electron chi connectivity index (χ3n) is 4.48. The van der Waals surface area contributed by atoms with Gasteiger partial charge in [0.2, 0.25) is 5.95 Å². The highest BCUT2D eigenvalue weighted by Crippen LogP contribution is 2.23. The molecular weight excluding hydrogens is 360 g/mol. The lowest BCUT2D eigenvalue weighted by Gasteiger charge is -2.27. The highest BCUT2D eigenvalue weighted by molar-refractivity contribution is 6.03. The molecule has 0 saturated carbocycles. The first kappa shape index (κ1) is 18.1. The maximum Gasteiger partial charge on any atom is 0.277 e. The number of carbonyl (C=O) groups is 1. The molecule has 28 heavy (non-hydrogen) atoms. The molecule has 1 N–H and O–H groups in total. The molecule has 9 heteroatoms. The number of aryl methyl sites for hydroxylation is 2. The molecule has 0 unspecified atom stereocenters. The van der Waals surface area contributed by atoms with Crippen LogP contribution in [0.1, 0.15) is 21.9 Å². The number of pyridine rings is 1. The molecule has 1 saturated heterocycles. The highest BCUT2D eigenvalue weighted by atomic mass is 16.5. The summed E-state index contributed by atoms with van der Waals surface area (Å²) in [6.07, 6.45) is 3.31. The SMILES string of the molecule is Cc1nc(N2CCOCC2)nc(C)c1NC(=O)c1cc(-c2cccnc2)on1. The Morgan fingerprint density at radius 3 is 2.61 bits per heavy atom. The molecule has 9 nitrogen and oxygen atoms in total. The van der Waals surface area contributed by atoms with E-state index < -0.39 is 0 Å². The van der Waals surface area contributed by atoms with Crippen molar-refractivity contribution < 1.29 is 14.1 Å². The fraction of sp³-hybridized carbons (Fsp3) is 0.316. The lowest BCUT2D eigenvalue weighted by Crippen LogP contribution is -2.37. The summed E-state index contributed by atoms with van der Waals surface area (Å²) in [5.74, 6) is 0.745. The van der Waals surface area contributed by atoms with Crippen molar-refractivity contribution >= 4 is 17.5 Å². The number of hydrogen-bond acceptors (Lipinski definition) is 8. The van der Waals surface area contributed by atoms with Crippen molar-refractivity contribution in [1.29, 1.82) is 0 Å². The quantitative estimate of drug-likeness (QED) is 0.734. The van der Waals surface area contributed by atoms with Crippen LogP contribution in [0.2, 0.25) is 0 Å². The van der Waals surface area contributed by atoms with E-state index in [1.165, 1.54) is 0 Å². The predicted octanol–water partition coefficient (Wildman–Crippen LogP) is 2.23.